The van der Waals surface area contributed by atoms with Crippen molar-refractivity contribution in [2.45, 2.75) is 43.3 Å². The molecule has 3 aromatic rings. The Morgan fingerprint density at radius 3 is 2.48 bits per heavy atom. The number of carbonyl (C=O) groups excluding carboxylic acids is 2. The van der Waals surface area contributed by atoms with E-state index in [-0.39, 0.29) is 45.8 Å². The van der Waals surface area contributed by atoms with Crippen LogP contribution < -0.4 is 16.5 Å². The number of likely N-dealkylation sites (tertiary alicyclic amines) is 1. The first-order chi connectivity index (χ1) is 25.5. The smallest absolute Gasteiger partial charge is 0.352 e. The summed E-state index contributed by atoms with van der Waals surface area (Å²) in [4.78, 5) is 86.1. The lowest BCUT2D eigenvalue weighted by Crippen LogP contribution is -2.71. The van der Waals surface area contributed by atoms with E-state index in [0.29, 0.717) is 34.2 Å². The number of carboxylic acids is 3. The van der Waals surface area contributed by atoms with Crippen LogP contribution in [0.3, 0.4) is 0 Å². The van der Waals surface area contributed by atoms with Gasteiger partial charge in [-0.25, -0.2) is 14.6 Å². The summed E-state index contributed by atoms with van der Waals surface area (Å²) in [7, 11) is 1.67. The van der Waals surface area contributed by atoms with Crippen molar-refractivity contribution in [3.8, 4) is 11.5 Å². The van der Waals surface area contributed by atoms with Crippen LogP contribution in [0.25, 0.3) is 10.9 Å². The molecule has 0 unspecified atom stereocenters. The maximum absolute atomic E-state index is 13.7. The third kappa shape index (κ3) is 7.13. The highest BCUT2D eigenvalue weighted by Gasteiger charge is 2.55. The summed E-state index contributed by atoms with van der Waals surface area (Å²) >= 11 is 8.45. The number of aryl methyl sites for hydroxylation is 1. The zero-order valence-electron chi connectivity index (χ0n) is 28.2. The Labute approximate surface area is 317 Å². The van der Waals surface area contributed by atoms with E-state index in [0.717, 1.165) is 29.1 Å². The average Bonchev–Trinajstić information content (AvgIpc) is 3.76. The maximum Gasteiger partial charge on any atom is 0.352 e. The predicted molar refractivity (Wildman–Crippen MR) is 193 cm³/mol. The van der Waals surface area contributed by atoms with Crippen LogP contribution in [0.15, 0.2) is 38.9 Å². The molecule has 3 aliphatic heterocycles. The third-order valence-electron chi connectivity index (χ3n) is 9.42. The minimum atomic E-state index is -1.95. The van der Waals surface area contributed by atoms with Gasteiger partial charge >= 0.3 is 17.9 Å². The molecule has 8 N–H and O–H groups in total. The van der Waals surface area contributed by atoms with Gasteiger partial charge < -0.3 is 50.5 Å². The molecule has 3 atom stereocenters. The molecule has 2 aromatic heterocycles. The molecule has 22 heteroatoms. The number of quaternary nitrogens is 1. The number of anilines is 1. The molecular formula is C32H33ClN7O12S2+. The lowest BCUT2D eigenvalue weighted by molar-refractivity contribution is -0.925. The Bertz CT molecular complexity index is 2230. The second-order valence-electron chi connectivity index (χ2n) is 13.0. The topological polar surface area (TPSA) is 284 Å². The first-order valence-corrected chi connectivity index (χ1v) is 18.5. The van der Waals surface area contributed by atoms with Gasteiger partial charge in [0.1, 0.15) is 35.9 Å². The molecule has 0 bridgehead atoms. The number of nitrogens with two attached hydrogens (primary N) is 1. The van der Waals surface area contributed by atoms with Crippen molar-refractivity contribution in [1.29, 1.82) is 0 Å². The van der Waals surface area contributed by atoms with Gasteiger partial charge in [0, 0.05) is 48.9 Å². The number of aromatic nitrogens is 2. The van der Waals surface area contributed by atoms with Crippen LogP contribution >= 0.6 is 34.7 Å². The average molecular weight is 807 g/mol. The predicted octanol–water partition coefficient (Wildman–Crippen LogP) is 0.840. The largest absolute Gasteiger partial charge is 0.504 e. The van der Waals surface area contributed by atoms with Crippen molar-refractivity contribution in [2.75, 3.05) is 31.1 Å². The number of carbonyl (C=O) groups is 5. The van der Waals surface area contributed by atoms with Gasteiger partial charge in [-0.15, -0.1) is 23.1 Å². The monoisotopic (exact) mass is 806 g/mol. The number of nitrogens with zero attached hydrogens (tertiary/aromatic N) is 5. The Morgan fingerprint density at radius 1 is 1.17 bits per heavy atom. The number of phenols is 2. The van der Waals surface area contributed by atoms with Crippen LogP contribution in [-0.2, 0) is 42.4 Å². The number of nitrogens with one attached hydrogen (secondary N) is 1. The minimum Gasteiger partial charge on any atom is -0.504 e. The Morgan fingerprint density at radius 2 is 1.87 bits per heavy atom. The first-order valence-electron chi connectivity index (χ1n) is 16.2. The molecule has 286 valence electrons. The molecule has 54 heavy (non-hydrogen) atoms. The number of rotatable bonds is 13. The highest BCUT2D eigenvalue weighted by molar-refractivity contribution is 8.00. The summed E-state index contributed by atoms with van der Waals surface area (Å²) < 4.78 is 1.92. The van der Waals surface area contributed by atoms with Crippen molar-refractivity contribution >= 4 is 86.2 Å². The molecule has 19 nitrogen and oxygen atoms in total. The molecule has 5 heterocycles. The molecule has 0 saturated carbocycles. The molecule has 2 fully saturated rings. The molecule has 2 saturated heterocycles. The lowest BCUT2D eigenvalue weighted by Gasteiger charge is -2.50. The van der Waals surface area contributed by atoms with Gasteiger partial charge in [0.05, 0.1) is 41.0 Å². The summed E-state index contributed by atoms with van der Waals surface area (Å²) in [6, 6.07) is 0.0134. The van der Waals surface area contributed by atoms with E-state index >= 15 is 0 Å². The minimum absolute atomic E-state index is 0.0196. The van der Waals surface area contributed by atoms with Crippen molar-refractivity contribution in [3.05, 3.63) is 55.4 Å². The van der Waals surface area contributed by atoms with Gasteiger partial charge in [-0.1, -0.05) is 16.8 Å². The number of aromatic hydroxyl groups is 2. The van der Waals surface area contributed by atoms with Crippen LogP contribution in [0.2, 0.25) is 5.02 Å². The number of thiazole rings is 1. The standard InChI is InChI=1S/C32H32ClN7O12S2/c1-38-8-13(25(44)20-16(38)6-17(41)26(45)21(20)33)9-40(4-2-3-5-40)10-14-11-53-29-23(28(47)39(29)24(14)31(50)51)36-27(46)22(15-12-54-32(34)35-15)37-52-18(30(48)49)7-19(42)43/h6,8,12,18,23,29H,2-5,7,9-11H2,1H3,(H7-,34,35,36,37,41,42,43,44,45,46,48,49,50,51)/p+1/t18-,23+,29+/m0/s1. The molecule has 0 aliphatic carbocycles. The van der Waals surface area contributed by atoms with Crippen molar-refractivity contribution in [1.82, 2.24) is 19.8 Å². The summed E-state index contributed by atoms with van der Waals surface area (Å²) in [5.41, 5.74) is 5.42. The zero-order chi connectivity index (χ0) is 39.2. The van der Waals surface area contributed by atoms with Gasteiger partial charge in [0.15, 0.2) is 27.8 Å². The Hall–Kier alpha value is -5.38. The number of oxime groups is 1. The molecule has 0 radical (unpaired) electrons. The van der Waals surface area contributed by atoms with E-state index in [1.807, 2.05) is 0 Å². The van der Waals surface area contributed by atoms with Gasteiger partial charge in [0.25, 0.3) is 11.8 Å². The number of hydrogen-bond acceptors (Lipinski definition) is 14. The van der Waals surface area contributed by atoms with Crippen molar-refractivity contribution in [3.63, 3.8) is 0 Å². The molecule has 1 aromatic carbocycles. The molecular weight excluding hydrogens is 774 g/mol. The number of phenolic OH excluding ortho intramolecular Hbond substituents is 2. The summed E-state index contributed by atoms with van der Waals surface area (Å²) in [5, 5.41) is 55.4. The second-order valence-corrected chi connectivity index (χ2v) is 15.4. The Balaban J connectivity index is 1.25. The maximum atomic E-state index is 13.7. The fraction of sp³-hybridized carbons (Fsp3) is 0.375. The van der Waals surface area contributed by atoms with Gasteiger partial charge in [-0.3, -0.25) is 24.1 Å². The fourth-order valence-electron chi connectivity index (χ4n) is 6.95. The summed E-state index contributed by atoms with van der Waals surface area (Å²) in [6.45, 7) is 1.59. The summed E-state index contributed by atoms with van der Waals surface area (Å²) in [5.74, 6) is -7.22. The molecule has 6 rings (SSSR count). The van der Waals surface area contributed by atoms with E-state index in [2.05, 4.69) is 15.5 Å². The number of aliphatic carboxylic acids is 3. The molecule has 0 spiro atoms. The second kappa shape index (κ2) is 14.8. The van der Waals surface area contributed by atoms with Crippen LogP contribution in [0.4, 0.5) is 5.13 Å². The number of benzene rings is 1. The number of carboxylic acid groups (broad SMARTS) is 3. The van der Waals surface area contributed by atoms with E-state index in [1.54, 1.807) is 17.8 Å². The van der Waals surface area contributed by atoms with Crippen LogP contribution in [0.1, 0.15) is 30.5 Å². The SMILES string of the molecule is Cn1cc(C[N+]2(CC3=C(C(=O)O)N4C(=O)[C@@H](NC(=O)/C(=N\O[C@@H](CC(=O)O)C(=O)O)c5csc(N)n5)[C@H]4SC3)CCCC2)c(=O)c2c(Cl)c(O)c(O)cc21. The highest BCUT2D eigenvalue weighted by Crippen LogP contribution is 2.42. The number of nitrogen functional groups attached to an aromatic ring is 1. The van der Waals surface area contributed by atoms with E-state index in [1.165, 1.54) is 23.2 Å². The van der Waals surface area contributed by atoms with Crippen LogP contribution in [0, 0.1) is 0 Å². The lowest BCUT2D eigenvalue weighted by atomic mass is 10.0. The van der Waals surface area contributed by atoms with Gasteiger partial charge in [0.2, 0.25) is 6.10 Å². The number of pyridine rings is 1. The number of thioether (sulfide) groups is 1. The fourth-order valence-corrected chi connectivity index (χ4v) is 9.11. The number of halogens is 1. The first kappa shape index (κ1) is 38.3. The van der Waals surface area contributed by atoms with E-state index in [9.17, 15) is 49.2 Å². The van der Waals surface area contributed by atoms with E-state index < -0.39 is 76.3 Å². The van der Waals surface area contributed by atoms with Gasteiger partial charge in [-0.2, -0.15) is 0 Å². The van der Waals surface area contributed by atoms with Crippen molar-refractivity contribution in [2.24, 2.45) is 12.2 Å². The van der Waals surface area contributed by atoms with Crippen LogP contribution in [0.5, 0.6) is 11.5 Å². The number of amides is 2. The number of fused-ring (bicyclic) bond motifs is 2. The van der Waals surface area contributed by atoms with Crippen LogP contribution in [-0.4, -0.2) is 123 Å². The quantitative estimate of drug-likeness (QED) is 0.0414. The number of β-lactam (4-membered cyclic amide) rings is 1. The van der Waals surface area contributed by atoms with Crippen molar-refractivity contribution < 1.29 is 58.8 Å². The normalized spacial score (nSPS) is 20.0. The van der Waals surface area contributed by atoms with E-state index in [4.69, 9.17) is 27.3 Å². The zero-order valence-corrected chi connectivity index (χ0v) is 30.6. The van der Waals surface area contributed by atoms with Gasteiger partial charge in [-0.05, 0) is 0 Å². The molecule has 2 amide bonds. The third-order valence-corrected chi connectivity index (χ3v) is 11.8. The Kier molecular flexibility index (Phi) is 10.5. The number of hydrogen-bond donors (Lipinski definition) is 7. The molecule has 3 aliphatic rings. The summed E-state index contributed by atoms with van der Waals surface area (Å²) in [6.07, 6.45) is 0.290. The highest BCUT2D eigenvalue weighted by atomic mass is 35.5.